The molecule has 0 atom stereocenters. The highest BCUT2D eigenvalue weighted by Gasteiger charge is 2.24. The minimum absolute atomic E-state index is 0.130. The Labute approximate surface area is 139 Å². The molecule has 0 bridgehead atoms. The van der Waals surface area contributed by atoms with Crippen LogP contribution in [0, 0.1) is 5.82 Å². The molecule has 0 N–H and O–H groups in total. The number of hydrogen-bond acceptors (Lipinski definition) is 3. The summed E-state index contributed by atoms with van der Waals surface area (Å²) < 4.78 is 14.6. The lowest BCUT2D eigenvalue weighted by Gasteiger charge is -2.20. The Morgan fingerprint density at radius 2 is 2.05 bits per heavy atom. The molecule has 0 spiro atoms. The number of halogens is 3. The van der Waals surface area contributed by atoms with Crippen LogP contribution in [0.3, 0.4) is 0 Å². The molecule has 110 valence electrons. The zero-order valence-electron chi connectivity index (χ0n) is 11.4. The van der Waals surface area contributed by atoms with Crippen molar-refractivity contribution in [3.8, 4) is 0 Å². The van der Waals surface area contributed by atoms with Crippen molar-refractivity contribution >= 4 is 49.9 Å². The fourth-order valence-corrected chi connectivity index (χ4v) is 3.35. The van der Waals surface area contributed by atoms with Gasteiger partial charge in [0.25, 0.3) is 0 Å². The van der Waals surface area contributed by atoms with Gasteiger partial charge in [0.2, 0.25) is 0 Å². The summed E-state index contributed by atoms with van der Waals surface area (Å²) in [6.45, 7) is 0.744. The first-order valence-corrected chi connectivity index (χ1v) is 7.96. The second-order valence-electron chi connectivity index (χ2n) is 5.16. The zero-order chi connectivity index (χ0) is 15.3. The highest BCUT2D eigenvalue weighted by atomic mass is 79.9. The van der Waals surface area contributed by atoms with E-state index in [0.29, 0.717) is 0 Å². The summed E-state index contributed by atoms with van der Waals surface area (Å²) in [6, 6.07) is 9.07. The third-order valence-electron chi connectivity index (χ3n) is 3.85. The molecule has 0 radical (unpaired) electrons. The van der Waals surface area contributed by atoms with E-state index in [4.69, 9.17) is 11.6 Å². The SMILES string of the molecule is Fc1cc2c(cc1Cl)N(c1ncnc3ccc(Br)cc13)CC2. The number of rotatable bonds is 1. The lowest BCUT2D eigenvalue weighted by atomic mass is 10.1. The Morgan fingerprint density at radius 3 is 2.91 bits per heavy atom. The predicted molar refractivity (Wildman–Crippen MR) is 89.4 cm³/mol. The fourth-order valence-electron chi connectivity index (χ4n) is 2.83. The third-order valence-corrected chi connectivity index (χ3v) is 4.63. The number of aromatic nitrogens is 2. The number of benzene rings is 2. The van der Waals surface area contributed by atoms with E-state index in [9.17, 15) is 4.39 Å². The highest BCUT2D eigenvalue weighted by molar-refractivity contribution is 9.10. The van der Waals surface area contributed by atoms with Gasteiger partial charge in [0, 0.05) is 22.1 Å². The summed E-state index contributed by atoms with van der Waals surface area (Å²) in [5, 5.41) is 1.08. The molecule has 0 aliphatic carbocycles. The molecule has 2 heterocycles. The van der Waals surface area contributed by atoms with Crippen LogP contribution in [0.15, 0.2) is 41.1 Å². The lowest BCUT2D eigenvalue weighted by Crippen LogP contribution is -2.15. The van der Waals surface area contributed by atoms with Gasteiger partial charge in [0.05, 0.1) is 10.5 Å². The van der Waals surface area contributed by atoms with Crippen molar-refractivity contribution in [2.45, 2.75) is 6.42 Å². The Morgan fingerprint density at radius 1 is 1.18 bits per heavy atom. The van der Waals surface area contributed by atoms with Crippen molar-refractivity contribution in [2.75, 3.05) is 11.4 Å². The molecule has 0 saturated carbocycles. The van der Waals surface area contributed by atoms with Crippen molar-refractivity contribution in [3.63, 3.8) is 0 Å². The van der Waals surface area contributed by atoms with Crippen LogP contribution in [0.1, 0.15) is 5.56 Å². The Kier molecular flexibility index (Phi) is 3.27. The quantitative estimate of drug-likeness (QED) is 0.604. The Balaban J connectivity index is 1.92. The largest absolute Gasteiger partial charge is 0.325 e. The summed E-state index contributed by atoms with van der Waals surface area (Å²) in [5.41, 5.74) is 2.73. The zero-order valence-corrected chi connectivity index (χ0v) is 13.7. The number of nitrogens with zero attached hydrogens (tertiary/aromatic N) is 3. The molecule has 0 unspecified atom stereocenters. The van der Waals surface area contributed by atoms with Gasteiger partial charge in [0.1, 0.15) is 18.0 Å². The lowest BCUT2D eigenvalue weighted by molar-refractivity contribution is 0.627. The van der Waals surface area contributed by atoms with E-state index in [1.807, 2.05) is 18.2 Å². The molecule has 0 saturated heterocycles. The first kappa shape index (κ1) is 13.9. The van der Waals surface area contributed by atoms with Gasteiger partial charge in [-0.25, -0.2) is 14.4 Å². The Hall–Kier alpha value is -1.72. The molecular weight excluding hydrogens is 369 g/mol. The van der Waals surface area contributed by atoms with Crippen LogP contribution < -0.4 is 4.90 Å². The monoisotopic (exact) mass is 377 g/mol. The van der Waals surface area contributed by atoms with Crippen molar-refractivity contribution in [1.29, 1.82) is 0 Å². The minimum atomic E-state index is -0.377. The molecule has 3 aromatic rings. The maximum absolute atomic E-state index is 13.6. The predicted octanol–water partition coefficient (Wildman–Crippen LogP) is 4.88. The van der Waals surface area contributed by atoms with Crippen molar-refractivity contribution < 1.29 is 4.39 Å². The van der Waals surface area contributed by atoms with Gasteiger partial charge in [-0.1, -0.05) is 27.5 Å². The molecule has 0 fully saturated rings. The third kappa shape index (κ3) is 2.16. The highest BCUT2D eigenvalue weighted by Crippen LogP contribution is 2.39. The van der Waals surface area contributed by atoms with Crippen LogP contribution in [0.2, 0.25) is 5.02 Å². The van der Waals surface area contributed by atoms with Gasteiger partial charge in [-0.2, -0.15) is 0 Å². The van der Waals surface area contributed by atoms with Crippen LogP contribution in [0.25, 0.3) is 10.9 Å². The second kappa shape index (κ2) is 5.18. The second-order valence-corrected chi connectivity index (χ2v) is 6.48. The molecule has 2 aromatic carbocycles. The topological polar surface area (TPSA) is 29.0 Å². The van der Waals surface area contributed by atoms with E-state index in [2.05, 4.69) is 30.8 Å². The van der Waals surface area contributed by atoms with E-state index in [1.165, 1.54) is 6.07 Å². The van der Waals surface area contributed by atoms with Gasteiger partial charge >= 0.3 is 0 Å². The van der Waals surface area contributed by atoms with Crippen molar-refractivity contribution in [1.82, 2.24) is 9.97 Å². The van der Waals surface area contributed by atoms with Crippen LogP contribution in [0.5, 0.6) is 0 Å². The first-order chi connectivity index (χ1) is 10.6. The Bertz CT molecular complexity index is 900. The summed E-state index contributed by atoms with van der Waals surface area (Å²) >= 11 is 9.43. The molecular formula is C16H10BrClFN3. The van der Waals surface area contributed by atoms with Gasteiger partial charge in [-0.05, 0) is 42.3 Å². The first-order valence-electron chi connectivity index (χ1n) is 6.79. The van der Waals surface area contributed by atoms with Crippen LogP contribution in [-0.4, -0.2) is 16.5 Å². The van der Waals surface area contributed by atoms with E-state index in [1.54, 1.807) is 12.4 Å². The van der Waals surface area contributed by atoms with Gasteiger partial charge in [0.15, 0.2) is 0 Å². The molecule has 6 heteroatoms. The van der Waals surface area contributed by atoms with Crippen molar-refractivity contribution in [2.24, 2.45) is 0 Å². The standard InChI is InChI=1S/C16H10BrClFN3/c17-10-1-2-14-11(6-10)16(21-8-20-14)22-4-3-9-5-13(19)12(18)7-15(9)22/h1-2,5-8H,3-4H2. The molecule has 1 aromatic heterocycles. The summed E-state index contributed by atoms with van der Waals surface area (Å²) in [6.07, 6.45) is 2.32. The number of anilines is 2. The average molecular weight is 379 g/mol. The van der Waals surface area contributed by atoms with E-state index in [0.717, 1.165) is 45.4 Å². The van der Waals surface area contributed by atoms with Crippen LogP contribution in [0.4, 0.5) is 15.9 Å². The minimum Gasteiger partial charge on any atom is -0.325 e. The summed E-state index contributed by atoms with van der Waals surface area (Å²) in [7, 11) is 0. The maximum atomic E-state index is 13.6. The average Bonchev–Trinajstić information content (AvgIpc) is 2.90. The van der Waals surface area contributed by atoms with Gasteiger partial charge < -0.3 is 4.90 Å². The van der Waals surface area contributed by atoms with E-state index in [-0.39, 0.29) is 10.8 Å². The van der Waals surface area contributed by atoms with Gasteiger partial charge in [-0.3, -0.25) is 0 Å². The molecule has 22 heavy (non-hydrogen) atoms. The molecule has 0 amide bonds. The fraction of sp³-hybridized carbons (Fsp3) is 0.125. The molecule has 1 aliphatic rings. The van der Waals surface area contributed by atoms with Crippen LogP contribution in [-0.2, 0) is 6.42 Å². The number of hydrogen-bond donors (Lipinski definition) is 0. The van der Waals surface area contributed by atoms with E-state index >= 15 is 0 Å². The summed E-state index contributed by atoms with van der Waals surface area (Å²) in [5.74, 6) is 0.435. The van der Waals surface area contributed by atoms with Crippen molar-refractivity contribution in [3.05, 3.63) is 57.5 Å². The van der Waals surface area contributed by atoms with E-state index < -0.39 is 0 Å². The molecule has 3 nitrogen and oxygen atoms in total. The molecule has 4 rings (SSSR count). The normalized spacial score (nSPS) is 13.7. The maximum Gasteiger partial charge on any atom is 0.144 e. The number of fused-ring (bicyclic) bond motifs is 2. The summed E-state index contributed by atoms with van der Waals surface area (Å²) in [4.78, 5) is 10.8. The molecule has 1 aliphatic heterocycles. The van der Waals surface area contributed by atoms with Crippen LogP contribution >= 0.6 is 27.5 Å². The van der Waals surface area contributed by atoms with Gasteiger partial charge in [-0.15, -0.1) is 0 Å². The smallest absolute Gasteiger partial charge is 0.144 e.